The molecule has 74 heavy (non-hydrogen) atoms. The zero-order chi connectivity index (χ0) is 48.8. The molecule has 0 aromatic heterocycles. The second-order valence-electron chi connectivity index (χ2n) is 24.2. The number of ether oxygens (including phenoxy) is 7. The third-order valence-electron chi connectivity index (χ3n) is 18.9. The van der Waals surface area contributed by atoms with Crippen molar-refractivity contribution >= 4 is 92.1 Å². The van der Waals surface area contributed by atoms with Crippen molar-refractivity contribution < 1.29 is 38.0 Å². The number of rotatable bonds is 21. The molecule has 2 aliphatic heterocycles. The lowest BCUT2D eigenvalue weighted by Crippen LogP contribution is -2.43. The highest BCUT2D eigenvalue weighted by atomic mass is 16.5. The van der Waals surface area contributed by atoms with Gasteiger partial charge in [0, 0.05) is 66.6 Å². The first-order valence-corrected chi connectivity index (χ1v) is 27.4. The number of hydrogen-bond donors (Lipinski definition) is 0. The van der Waals surface area contributed by atoms with Crippen LogP contribution in [0.5, 0.6) is 11.5 Å². The van der Waals surface area contributed by atoms with E-state index in [0.717, 1.165) is 70.5 Å². The molecular formula is C66H58O8. The van der Waals surface area contributed by atoms with Crippen LogP contribution in [0.4, 0.5) is 0 Å². The van der Waals surface area contributed by atoms with Crippen molar-refractivity contribution in [3.63, 3.8) is 0 Å². The summed E-state index contributed by atoms with van der Waals surface area (Å²) < 4.78 is 41.3. The Morgan fingerprint density at radius 2 is 1.01 bits per heavy atom. The van der Waals surface area contributed by atoms with E-state index < -0.39 is 0 Å². The van der Waals surface area contributed by atoms with Crippen LogP contribution in [0.15, 0.2) is 84.9 Å². The molecule has 370 valence electrons. The van der Waals surface area contributed by atoms with Gasteiger partial charge in [0.2, 0.25) is 0 Å². The lowest BCUT2D eigenvalue weighted by atomic mass is 9.83. The fourth-order valence-corrected chi connectivity index (χ4v) is 15.9. The Labute approximate surface area is 428 Å². The van der Waals surface area contributed by atoms with E-state index in [-0.39, 0.29) is 28.8 Å². The molecule has 0 radical (unpaired) electrons. The summed E-state index contributed by atoms with van der Waals surface area (Å²) in [6, 6.07) is 32.4. The Hall–Kier alpha value is -6.29. The molecule has 0 spiro atoms. The van der Waals surface area contributed by atoms with E-state index in [1.165, 1.54) is 92.5 Å². The summed E-state index contributed by atoms with van der Waals surface area (Å²) in [5.74, 6) is 1.87. The summed E-state index contributed by atoms with van der Waals surface area (Å²) in [6.07, 6.45) is 5.49. The van der Waals surface area contributed by atoms with Gasteiger partial charge in [0.1, 0.15) is 18.1 Å². The van der Waals surface area contributed by atoms with Crippen LogP contribution in [-0.2, 0) is 53.3 Å². The molecule has 0 bridgehead atoms. The predicted molar refractivity (Wildman–Crippen MR) is 291 cm³/mol. The van der Waals surface area contributed by atoms with Gasteiger partial charge in [-0.05, 0) is 169 Å². The van der Waals surface area contributed by atoms with Gasteiger partial charge in [-0.2, -0.15) is 0 Å². The van der Waals surface area contributed by atoms with E-state index in [0.29, 0.717) is 69.4 Å². The number of fused-ring (bicyclic) bond motifs is 3. The summed E-state index contributed by atoms with van der Waals surface area (Å²) in [5.41, 5.74) is 11.4. The molecule has 1 saturated carbocycles. The van der Waals surface area contributed by atoms with Crippen LogP contribution in [0.3, 0.4) is 0 Å². The van der Waals surface area contributed by atoms with Gasteiger partial charge >= 0.3 is 5.97 Å². The first-order chi connectivity index (χ1) is 36.3. The molecule has 8 heteroatoms. The van der Waals surface area contributed by atoms with Gasteiger partial charge in [0.15, 0.2) is 0 Å². The Kier molecular flexibility index (Phi) is 8.83. The molecule has 2 atom stereocenters. The minimum Gasteiger partial charge on any atom is -0.493 e. The number of esters is 1. The van der Waals surface area contributed by atoms with Crippen LogP contribution in [0.1, 0.15) is 102 Å². The molecule has 4 aliphatic carbocycles. The van der Waals surface area contributed by atoms with Crippen LogP contribution < -0.4 is 9.47 Å². The molecule has 2 saturated heterocycles. The minimum atomic E-state index is -0.179. The standard InChI is InChI=1S/C66H58O8/c1-64(31-70-32-64)29-68-15-7-17-72-43-19-35(20-44(27-43)73-18-8-16-69-30-65(2)33-71-34-65)28-74-47(67)11-6-14-66(42-9-4-3-5-10-42)62-45-25-40-23-38-21-36-12-13-37-22-39-24-41-26-46(63(62)66)55-54(45)58-52(40)50(38)56-48(36)49(37)57-51(39)53(41)59(55)61(58)60(56)57/h3-5,9-10,12-13,19-22,25-27,62-63H,6-8,11,14-18,23-24,28-34H2,1-2H3. The van der Waals surface area contributed by atoms with Crippen LogP contribution in [0, 0.1) is 10.8 Å². The van der Waals surface area contributed by atoms with Gasteiger partial charge < -0.3 is 33.2 Å². The van der Waals surface area contributed by atoms with Gasteiger partial charge in [0.05, 0.1) is 52.9 Å². The SMILES string of the molecule is CC1(COCCCOc2cc(COC(=O)CCCC3(c4ccccc4)C4c5cc6c7c8c(cc9ccc%10cc%11c%12c%13c(cc(c%14c5c7c(c%14%13)c5c8c9c%10c%125)C43)C%11)C6)cc(OCCCOCC3(C)COC3)c2)COC1. The van der Waals surface area contributed by atoms with Crippen LogP contribution in [-0.4, -0.2) is 72.0 Å². The fraction of sp³-hybridized carbons (Fsp3) is 0.379. The van der Waals surface area contributed by atoms with Crippen molar-refractivity contribution in [3.8, 4) is 11.5 Å². The molecule has 2 heterocycles. The summed E-state index contributed by atoms with van der Waals surface area (Å²) in [4.78, 5) is 14.0. The molecule has 8 nitrogen and oxygen atoms in total. The smallest absolute Gasteiger partial charge is 0.306 e. The van der Waals surface area contributed by atoms with Crippen molar-refractivity contribution in [1.82, 2.24) is 0 Å². The van der Waals surface area contributed by atoms with Gasteiger partial charge in [-0.1, -0.05) is 80.6 Å². The molecule has 11 aromatic carbocycles. The quantitative estimate of drug-likeness (QED) is 0.0400. The second kappa shape index (κ2) is 15.2. The number of hydrogen-bond acceptors (Lipinski definition) is 8. The highest BCUT2D eigenvalue weighted by molar-refractivity contribution is 6.58. The van der Waals surface area contributed by atoms with Crippen molar-refractivity contribution in [2.75, 3.05) is 66.1 Å². The summed E-state index contributed by atoms with van der Waals surface area (Å²) >= 11 is 0. The molecule has 17 rings (SSSR count). The maximum Gasteiger partial charge on any atom is 0.306 e. The molecular weight excluding hydrogens is 921 g/mol. The third kappa shape index (κ3) is 5.75. The molecule has 6 aliphatic rings. The van der Waals surface area contributed by atoms with Gasteiger partial charge in [0.25, 0.3) is 0 Å². The lowest BCUT2D eigenvalue weighted by Gasteiger charge is -2.37. The monoisotopic (exact) mass is 978 g/mol. The van der Waals surface area contributed by atoms with Crippen molar-refractivity contribution in [2.24, 2.45) is 10.8 Å². The van der Waals surface area contributed by atoms with Crippen LogP contribution >= 0.6 is 0 Å². The zero-order valence-electron chi connectivity index (χ0n) is 42.2. The molecule has 11 aromatic rings. The Balaban J connectivity index is 0.651. The maximum absolute atomic E-state index is 14.0. The largest absolute Gasteiger partial charge is 0.493 e. The highest BCUT2D eigenvalue weighted by Gasteiger charge is 2.68. The minimum absolute atomic E-state index is 0.120. The maximum atomic E-state index is 14.0. The van der Waals surface area contributed by atoms with Gasteiger partial charge in [-0.15, -0.1) is 0 Å². The number of carbonyl (C=O) groups excluding carboxylic acids is 1. The van der Waals surface area contributed by atoms with Crippen LogP contribution in [0.2, 0.25) is 0 Å². The Bertz CT molecular complexity index is 3870. The van der Waals surface area contributed by atoms with E-state index in [1.807, 2.05) is 18.2 Å². The normalized spacial score (nSPS) is 21.5. The van der Waals surface area contributed by atoms with E-state index in [4.69, 9.17) is 33.2 Å². The van der Waals surface area contributed by atoms with Crippen molar-refractivity contribution in [2.45, 2.75) is 82.7 Å². The Morgan fingerprint density at radius 3 is 1.51 bits per heavy atom. The van der Waals surface area contributed by atoms with E-state index in [9.17, 15) is 4.79 Å². The summed E-state index contributed by atoms with van der Waals surface area (Å²) in [7, 11) is 0. The number of benzene rings is 9. The van der Waals surface area contributed by atoms with Crippen LogP contribution in [0.25, 0.3) is 86.2 Å². The topological polar surface area (TPSA) is 81.7 Å². The Morgan fingerprint density at radius 1 is 0.527 bits per heavy atom. The molecule has 3 fully saturated rings. The fourth-order valence-electron chi connectivity index (χ4n) is 15.9. The summed E-state index contributed by atoms with van der Waals surface area (Å²) in [5, 5.41) is 24.2. The highest BCUT2D eigenvalue weighted by Crippen LogP contribution is 2.78. The van der Waals surface area contributed by atoms with E-state index >= 15 is 0 Å². The summed E-state index contributed by atoms with van der Waals surface area (Å²) in [6.45, 7) is 11.2. The van der Waals surface area contributed by atoms with Gasteiger partial charge in [-0.25, -0.2) is 0 Å². The van der Waals surface area contributed by atoms with E-state index in [2.05, 4.69) is 80.6 Å². The number of carbonyl (C=O) groups is 1. The third-order valence-corrected chi connectivity index (χ3v) is 18.9. The average Bonchev–Trinajstić information content (AvgIpc) is 3.78. The average molecular weight is 979 g/mol. The molecule has 0 amide bonds. The lowest BCUT2D eigenvalue weighted by molar-refractivity contribution is -0.145. The first kappa shape index (κ1) is 43.0. The molecule has 0 N–H and O–H groups in total. The first-order valence-electron chi connectivity index (χ1n) is 27.4. The predicted octanol–water partition coefficient (Wildman–Crippen LogP) is 13.6. The zero-order valence-corrected chi connectivity index (χ0v) is 42.2. The second-order valence-corrected chi connectivity index (χ2v) is 24.2. The van der Waals surface area contributed by atoms with Crippen molar-refractivity contribution in [1.29, 1.82) is 0 Å². The van der Waals surface area contributed by atoms with Crippen molar-refractivity contribution in [3.05, 3.63) is 129 Å². The van der Waals surface area contributed by atoms with Gasteiger partial charge in [-0.3, -0.25) is 4.79 Å². The molecule has 2 unspecified atom stereocenters. The van der Waals surface area contributed by atoms with E-state index in [1.54, 1.807) is 32.7 Å².